The van der Waals surface area contributed by atoms with Crippen molar-refractivity contribution in [2.24, 2.45) is 22.9 Å². The average molecular weight is 383 g/mol. The van der Waals surface area contributed by atoms with Gasteiger partial charge in [-0.3, -0.25) is 4.79 Å². The molecule has 0 unspecified atom stereocenters. The van der Waals surface area contributed by atoms with E-state index in [0.717, 1.165) is 6.42 Å². The van der Waals surface area contributed by atoms with Crippen LogP contribution in [-0.2, 0) is 9.53 Å². The van der Waals surface area contributed by atoms with E-state index in [4.69, 9.17) is 9.47 Å². The van der Waals surface area contributed by atoms with E-state index >= 15 is 0 Å². The minimum atomic E-state index is -0.954. The highest BCUT2D eigenvalue weighted by Gasteiger charge is 2.55. The lowest BCUT2D eigenvalue weighted by atomic mass is 9.87. The topological polar surface area (TPSA) is 95.2 Å². The maximum atomic E-state index is 12.4. The summed E-state index contributed by atoms with van der Waals surface area (Å²) in [5.41, 5.74) is 0.227. The molecule has 1 aromatic carbocycles. The Labute approximate surface area is 164 Å². The zero-order valence-electron chi connectivity index (χ0n) is 16.5. The first kappa shape index (κ1) is 18.8. The van der Waals surface area contributed by atoms with E-state index in [1.807, 2.05) is 13.8 Å². The molecule has 1 saturated carbocycles. The summed E-state index contributed by atoms with van der Waals surface area (Å²) in [4.78, 5) is 12.4. The third-order valence-corrected chi connectivity index (χ3v) is 5.50. The van der Waals surface area contributed by atoms with Gasteiger partial charge in [-0.15, -0.1) is 5.10 Å². The quantitative estimate of drug-likeness (QED) is 0.866. The highest BCUT2D eigenvalue weighted by molar-refractivity contribution is 5.96. The Kier molecular flexibility index (Phi) is 4.35. The van der Waals surface area contributed by atoms with Crippen molar-refractivity contribution in [1.82, 2.24) is 5.01 Å². The summed E-state index contributed by atoms with van der Waals surface area (Å²) in [7, 11) is 0. The molecule has 7 nitrogen and oxygen atoms in total. The Hall–Kier alpha value is -2.59. The standard InChI is InChI=1S/C21H25N3O4/c1-11(2)10-24-20(26)14-8-13(14)19(23-24)27-17-15-7-12(9-22)5-6-16(15)28-21(3,4)18(17)25/h5-7,11,13-14,17-18,25H,8,10H2,1-4H3/t13-,14-,17-,18+/m1/s1. The number of hydrogen-bond donors (Lipinski definition) is 1. The zero-order valence-corrected chi connectivity index (χ0v) is 16.5. The summed E-state index contributed by atoms with van der Waals surface area (Å²) in [6.07, 6.45) is -0.953. The number of hydrazone groups is 1. The number of fused-ring (bicyclic) bond motifs is 2. The third-order valence-electron chi connectivity index (χ3n) is 5.50. The number of rotatable bonds is 3. The van der Waals surface area contributed by atoms with Crippen molar-refractivity contribution in [2.45, 2.75) is 51.9 Å². The fraction of sp³-hybridized carbons (Fsp3) is 0.571. The van der Waals surface area contributed by atoms with Gasteiger partial charge in [0.25, 0.3) is 0 Å². The molecule has 0 radical (unpaired) electrons. The number of hydrogen-bond acceptors (Lipinski definition) is 6. The molecule has 0 saturated heterocycles. The predicted octanol–water partition coefficient (Wildman–Crippen LogP) is 2.60. The molecule has 7 heteroatoms. The second-order valence-corrected chi connectivity index (χ2v) is 8.75. The minimum absolute atomic E-state index is 0.0309. The molecule has 28 heavy (non-hydrogen) atoms. The lowest BCUT2D eigenvalue weighted by Gasteiger charge is -2.42. The van der Waals surface area contributed by atoms with Gasteiger partial charge in [0, 0.05) is 18.0 Å². The SMILES string of the molecule is CC(C)CN1N=C(O[C@@H]2c3cc(C#N)ccc3OC(C)(C)[C@H]2O)[C@@H]2C[C@H]2C1=O. The number of ether oxygens (including phenoxy) is 2. The van der Waals surface area contributed by atoms with Crippen molar-refractivity contribution in [3.63, 3.8) is 0 Å². The van der Waals surface area contributed by atoms with Crippen molar-refractivity contribution in [3.8, 4) is 11.8 Å². The number of aliphatic hydroxyl groups excluding tert-OH is 1. The van der Waals surface area contributed by atoms with Crippen molar-refractivity contribution in [2.75, 3.05) is 6.54 Å². The molecule has 1 aromatic rings. The van der Waals surface area contributed by atoms with Crippen LogP contribution in [0.3, 0.4) is 0 Å². The van der Waals surface area contributed by atoms with Gasteiger partial charge in [0.05, 0.1) is 17.6 Å². The van der Waals surface area contributed by atoms with Crippen LogP contribution in [-0.4, -0.2) is 40.2 Å². The Morgan fingerprint density at radius 3 is 2.86 bits per heavy atom. The van der Waals surface area contributed by atoms with Crippen molar-refractivity contribution in [3.05, 3.63) is 29.3 Å². The first-order valence-corrected chi connectivity index (χ1v) is 9.69. The van der Waals surface area contributed by atoms with E-state index in [0.29, 0.717) is 29.3 Å². The summed E-state index contributed by atoms with van der Waals surface area (Å²) < 4.78 is 12.2. The molecule has 1 N–H and O–H groups in total. The second-order valence-electron chi connectivity index (χ2n) is 8.75. The average Bonchev–Trinajstić information content (AvgIpc) is 3.43. The van der Waals surface area contributed by atoms with Crippen LogP contribution in [0.4, 0.5) is 0 Å². The third kappa shape index (κ3) is 3.12. The molecule has 4 rings (SSSR count). The van der Waals surface area contributed by atoms with Crippen LogP contribution in [0, 0.1) is 29.1 Å². The number of aliphatic hydroxyl groups is 1. The molecule has 148 valence electrons. The van der Waals surface area contributed by atoms with Crippen LogP contribution >= 0.6 is 0 Å². The van der Waals surface area contributed by atoms with Crippen molar-refractivity contribution < 1.29 is 19.4 Å². The minimum Gasteiger partial charge on any atom is -0.485 e. The summed E-state index contributed by atoms with van der Waals surface area (Å²) in [6.45, 7) is 8.20. The lowest BCUT2D eigenvalue weighted by molar-refractivity contribution is -0.135. The maximum Gasteiger partial charge on any atom is 0.246 e. The van der Waals surface area contributed by atoms with E-state index in [1.165, 1.54) is 5.01 Å². The number of nitriles is 1. The van der Waals surface area contributed by atoms with Gasteiger partial charge in [-0.25, -0.2) is 5.01 Å². The predicted molar refractivity (Wildman–Crippen MR) is 101 cm³/mol. The molecule has 3 aliphatic rings. The van der Waals surface area contributed by atoms with E-state index < -0.39 is 17.8 Å². The molecule has 4 atom stereocenters. The van der Waals surface area contributed by atoms with Crippen LogP contribution in [0.1, 0.15) is 51.3 Å². The van der Waals surface area contributed by atoms with Crippen LogP contribution < -0.4 is 4.74 Å². The van der Waals surface area contributed by atoms with E-state index in [2.05, 4.69) is 11.2 Å². The summed E-state index contributed by atoms with van der Waals surface area (Å²) in [6, 6.07) is 7.21. The van der Waals surface area contributed by atoms with Gasteiger partial charge < -0.3 is 14.6 Å². The van der Waals surface area contributed by atoms with Gasteiger partial charge in [0.2, 0.25) is 11.8 Å². The van der Waals surface area contributed by atoms with Crippen LogP contribution in [0.2, 0.25) is 0 Å². The van der Waals surface area contributed by atoms with Gasteiger partial charge >= 0.3 is 0 Å². The number of benzene rings is 1. The zero-order chi connectivity index (χ0) is 20.2. The molecule has 0 aromatic heterocycles. The molecule has 2 heterocycles. The highest BCUT2D eigenvalue weighted by atomic mass is 16.5. The normalized spacial score (nSPS) is 30.0. The molecule has 0 spiro atoms. The second kappa shape index (κ2) is 6.49. The number of nitrogens with zero attached hydrogens (tertiary/aromatic N) is 3. The molecular weight excluding hydrogens is 358 g/mol. The summed E-state index contributed by atoms with van der Waals surface area (Å²) >= 11 is 0. The fourth-order valence-electron chi connectivity index (χ4n) is 3.83. The van der Waals surface area contributed by atoms with Gasteiger partial charge in [-0.1, -0.05) is 13.8 Å². The summed E-state index contributed by atoms with van der Waals surface area (Å²) in [5, 5.41) is 26.2. The first-order chi connectivity index (χ1) is 13.2. The lowest BCUT2D eigenvalue weighted by Crippen LogP contribution is -2.50. The monoisotopic (exact) mass is 383 g/mol. The smallest absolute Gasteiger partial charge is 0.246 e. The number of carbonyl (C=O) groups excluding carboxylic acids is 1. The van der Waals surface area contributed by atoms with Gasteiger partial charge in [0.1, 0.15) is 17.5 Å². The van der Waals surface area contributed by atoms with Crippen LogP contribution in [0.5, 0.6) is 5.75 Å². The molecule has 1 aliphatic carbocycles. The van der Waals surface area contributed by atoms with E-state index in [1.54, 1.807) is 32.0 Å². The van der Waals surface area contributed by atoms with Crippen molar-refractivity contribution >= 4 is 11.8 Å². The van der Waals surface area contributed by atoms with Gasteiger partial charge in [-0.05, 0) is 44.4 Å². The fourth-order valence-corrected chi connectivity index (χ4v) is 3.83. The molecule has 0 bridgehead atoms. The highest BCUT2D eigenvalue weighted by Crippen LogP contribution is 2.48. The Morgan fingerprint density at radius 2 is 2.18 bits per heavy atom. The number of amides is 1. The number of carbonyl (C=O) groups is 1. The Morgan fingerprint density at radius 1 is 1.43 bits per heavy atom. The van der Waals surface area contributed by atoms with E-state index in [9.17, 15) is 15.2 Å². The Balaban J connectivity index is 1.69. The van der Waals surface area contributed by atoms with Crippen LogP contribution in [0.25, 0.3) is 0 Å². The largest absolute Gasteiger partial charge is 0.485 e. The van der Waals surface area contributed by atoms with Gasteiger partial charge in [-0.2, -0.15) is 5.26 Å². The summed E-state index contributed by atoms with van der Waals surface area (Å²) in [5.74, 6) is 1.29. The first-order valence-electron chi connectivity index (χ1n) is 9.69. The molecule has 1 fully saturated rings. The van der Waals surface area contributed by atoms with Gasteiger partial charge in [0.15, 0.2) is 6.10 Å². The molecule has 2 aliphatic heterocycles. The molecular formula is C21H25N3O4. The molecule has 1 amide bonds. The van der Waals surface area contributed by atoms with Crippen molar-refractivity contribution in [1.29, 1.82) is 5.26 Å². The maximum absolute atomic E-state index is 12.4. The Bertz CT molecular complexity index is 886. The van der Waals surface area contributed by atoms with Crippen LogP contribution in [0.15, 0.2) is 23.3 Å². The van der Waals surface area contributed by atoms with E-state index in [-0.39, 0.29) is 23.7 Å².